The number of carbonyl (C=O) groups is 1. The summed E-state index contributed by atoms with van der Waals surface area (Å²) in [6, 6.07) is 0.878. The van der Waals surface area contributed by atoms with E-state index in [1.54, 1.807) is 4.72 Å². The molecule has 0 unspecified atom stereocenters. The number of aliphatic hydroxyl groups is 1. The second-order valence-corrected chi connectivity index (χ2v) is 5.79. The maximum atomic E-state index is 12.0. The Balaban J connectivity index is 3.04. The van der Waals surface area contributed by atoms with Crippen molar-refractivity contribution < 1.29 is 36.9 Å². The number of hydrogen-bond acceptors (Lipinski definition) is 5. The molecule has 3 N–H and O–H groups in total. The van der Waals surface area contributed by atoms with E-state index in [1.165, 1.54) is 0 Å². The molecule has 1 atom stereocenters. The molecule has 1 aromatic rings. The van der Waals surface area contributed by atoms with Crippen LogP contribution in [0.4, 0.5) is 8.78 Å². The van der Waals surface area contributed by atoms with Crippen LogP contribution < -0.4 is 9.46 Å². The van der Waals surface area contributed by atoms with Gasteiger partial charge in [-0.15, -0.1) is 0 Å². The molecule has 11 heteroatoms. The average Bonchev–Trinajstić information content (AvgIpc) is 2.37. The van der Waals surface area contributed by atoms with Crippen LogP contribution in [0.1, 0.15) is 0 Å². The highest BCUT2D eigenvalue weighted by atomic mass is 35.5. The van der Waals surface area contributed by atoms with Gasteiger partial charge < -0.3 is 14.9 Å². The van der Waals surface area contributed by atoms with Crippen LogP contribution in [0.25, 0.3) is 0 Å². The summed E-state index contributed by atoms with van der Waals surface area (Å²) in [6.07, 6.45) is 0. The van der Waals surface area contributed by atoms with Crippen molar-refractivity contribution in [3.63, 3.8) is 0 Å². The molecule has 0 fully saturated rings. The lowest BCUT2D eigenvalue weighted by Gasteiger charge is -2.13. The Hall–Kier alpha value is -1.49. The van der Waals surface area contributed by atoms with E-state index in [4.69, 9.17) is 21.8 Å². The molecule has 21 heavy (non-hydrogen) atoms. The molecule has 0 amide bonds. The molecule has 1 aromatic carbocycles. The SMILES string of the molecule is O=C(O)[C@H](CO)NS(=O)(=O)c1ccc(OC(F)F)c(Cl)c1. The summed E-state index contributed by atoms with van der Waals surface area (Å²) < 4.78 is 53.6. The number of benzene rings is 1. The van der Waals surface area contributed by atoms with E-state index in [2.05, 4.69) is 4.74 Å². The summed E-state index contributed by atoms with van der Waals surface area (Å²) in [5, 5.41) is 17.0. The Morgan fingerprint density at radius 2 is 2.05 bits per heavy atom. The highest BCUT2D eigenvalue weighted by Gasteiger charge is 2.25. The van der Waals surface area contributed by atoms with E-state index in [1.807, 2.05) is 0 Å². The lowest BCUT2D eigenvalue weighted by Crippen LogP contribution is -2.43. The van der Waals surface area contributed by atoms with Crippen LogP contribution in [-0.4, -0.2) is 43.9 Å². The van der Waals surface area contributed by atoms with Gasteiger partial charge in [0.05, 0.1) is 16.5 Å². The normalized spacial score (nSPS) is 13.2. The summed E-state index contributed by atoms with van der Waals surface area (Å²) in [6.45, 7) is -4.09. The summed E-state index contributed by atoms with van der Waals surface area (Å²) in [5.74, 6) is -2.01. The number of hydrogen-bond donors (Lipinski definition) is 3. The van der Waals surface area contributed by atoms with Gasteiger partial charge in [-0.05, 0) is 18.2 Å². The van der Waals surface area contributed by atoms with E-state index in [-0.39, 0.29) is 0 Å². The monoisotopic (exact) mass is 345 g/mol. The van der Waals surface area contributed by atoms with Crippen molar-refractivity contribution in [2.75, 3.05) is 6.61 Å². The van der Waals surface area contributed by atoms with Gasteiger partial charge in [0.15, 0.2) is 0 Å². The van der Waals surface area contributed by atoms with Gasteiger partial charge in [-0.1, -0.05) is 11.6 Å². The van der Waals surface area contributed by atoms with Crippen molar-refractivity contribution in [1.29, 1.82) is 0 Å². The van der Waals surface area contributed by atoms with E-state index in [9.17, 15) is 22.0 Å². The predicted octanol–water partition coefficient (Wildman–Crippen LogP) is 0.665. The van der Waals surface area contributed by atoms with Crippen LogP contribution in [0.5, 0.6) is 5.75 Å². The van der Waals surface area contributed by atoms with Crippen LogP contribution in [0, 0.1) is 0 Å². The smallest absolute Gasteiger partial charge is 0.387 e. The minimum atomic E-state index is -4.30. The van der Waals surface area contributed by atoms with Gasteiger partial charge in [-0.25, -0.2) is 8.42 Å². The van der Waals surface area contributed by atoms with Gasteiger partial charge in [0.2, 0.25) is 10.0 Å². The number of alkyl halides is 2. The fourth-order valence-corrected chi connectivity index (χ4v) is 2.76. The average molecular weight is 346 g/mol. The van der Waals surface area contributed by atoms with Crippen molar-refractivity contribution in [1.82, 2.24) is 4.72 Å². The Kier molecular flexibility index (Phi) is 5.84. The van der Waals surface area contributed by atoms with Gasteiger partial charge in [-0.2, -0.15) is 13.5 Å². The van der Waals surface area contributed by atoms with Crippen LogP contribution in [0.3, 0.4) is 0 Å². The lowest BCUT2D eigenvalue weighted by molar-refractivity contribution is -0.139. The Morgan fingerprint density at radius 3 is 2.48 bits per heavy atom. The molecule has 0 aromatic heterocycles. The fourth-order valence-electron chi connectivity index (χ4n) is 1.26. The van der Waals surface area contributed by atoms with Crippen LogP contribution in [-0.2, 0) is 14.8 Å². The molecule has 0 bridgehead atoms. The van der Waals surface area contributed by atoms with E-state index >= 15 is 0 Å². The molecule has 0 aliphatic carbocycles. The molecule has 0 radical (unpaired) electrons. The number of aliphatic hydroxyl groups excluding tert-OH is 1. The Labute approximate surface area is 123 Å². The van der Waals surface area contributed by atoms with E-state index < -0.39 is 50.9 Å². The summed E-state index contributed by atoms with van der Waals surface area (Å²) >= 11 is 5.60. The third kappa shape index (κ3) is 4.77. The molecule has 0 aliphatic heterocycles. The Morgan fingerprint density at radius 1 is 1.43 bits per heavy atom. The number of nitrogens with one attached hydrogen (secondary N) is 1. The zero-order chi connectivity index (χ0) is 16.2. The Bertz CT molecular complexity index is 624. The highest BCUT2D eigenvalue weighted by Crippen LogP contribution is 2.28. The van der Waals surface area contributed by atoms with Gasteiger partial charge >= 0.3 is 12.6 Å². The van der Waals surface area contributed by atoms with Crippen LogP contribution in [0.15, 0.2) is 23.1 Å². The van der Waals surface area contributed by atoms with Crippen molar-refractivity contribution in [3.05, 3.63) is 23.2 Å². The molecular formula is C10H10ClF2NO6S. The maximum absolute atomic E-state index is 12.0. The topological polar surface area (TPSA) is 113 Å². The van der Waals surface area contributed by atoms with Crippen molar-refractivity contribution in [3.8, 4) is 5.75 Å². The molecule has 0 saturated carbocycles. The lowest BCUT2D eigenvalue weighted by atomic mass is 10.3. The second-order valence-electron chi connectivity index (χ2n) is 3.67. The fraction of sp³-hybridized carbons (Fsp3) is 0.300. The zero-order valence-electron chi connectivity index (χ0n) is 10.2. The summed E-state index contributed by atoms with van der Waals surface area (Å²) in [7, 11) is -4.30. The predicted molar refractivity (Wildman–Crippen MR) is 66.9 cm³/mol. The van der Waals surface area contributed by atoms with Crippen molar-refractivity contribution in [2.24, 2.45) is 0 Å². The molecule has 7 nitrogen and oxygen atoms in total. The number of sulfonamides is 1. The molecule has 118 valence electrons. The molecule has 1 rings (SSSR count). The first kappa shape index (κ1) is 17.6. The number of halogens is 3. The maximum Gasteiger partial charge on any atom is 0.387 e. The molecular weight excluding hydrogens is 336 g/mol. The number of carboxylic acids is 1. The minimum absolute atomic E-state index is 0.394. The molecule has 0 heterocycles. The van der Waals surface area contributed by atoms with Gasteiger partial charge in [0.1, 0.15) is 11.8 Å². The highest BCUT2D eigenvalue weighted by molar-refractivity contribution is 7.89. The zero-order valence-corrected chi connectivity index (χ0v) is 11.7. The van der Waals surface area contributed by atoms with E-state index in [0.29, 0.717) is 0 Å². The standard InChI is InChI=1S/C10H10ClF2NO6S/c11-6-3-5(1-2-8(6)20-10(12)13)21(18,19)14-7(4-15)9(16)17/h1-3,7,10,14-15H,4H2,(H,16,17)/t7-/m0/s1. The number of ether oxygens (including phenoxy) is 1. The van der Waals surface area contributed by atoms with Gasteiger partial charge in [0, 0.05) is 0 Å². The third-order valence-electron chi connectivity index (χ3n) is 2.21. The quantitative estimate of drug-likeness (QED) is 0.669. The molecule has 0 spiro atoms. The van der Waals surface area contributed by atoms with Crippen LogP contribution in [0.2, 0.25) is 5.02 Å². The number of rotatable bonds is 7. The summed E-state index contributed by atoms with van der Waals surface area (Å²) in [5.41, 5.74) is 0. The number of aliphatic carboxylic acids is 1. The molecule has 0 aliphatic rings. The first-order valence-electron chi connectivity index (χ1n) is 5.27. The van der Waals surface area contributed by atoms with Crippen molar-refractivity contribution >= 4 is 27.6 Å². The van der Waals surface area contributed by atoms with E-state index in [0.717, 1.165) is 18.2 Å². The third-order valence-corrected chi connectivity index (χ3v) is 3.97. The first-order valence-corrected chi connectivity index (χ1v) is 7.14. The largest absolute Gasteiger partial charge is 0.480 e. The van der Waals surface area contributed by atoms with Crippen LogP contribution >= 0.6 is 11.6 Å². The number of carboxylic acid groups (broad SMARTS) is 1. The van der Waals surface area contributed by atoms with Crippen molar-refractivity contribution in [2.45, 2.75) is 17.5 Å². The summed E-state index contributed by atoms with van der Waals surface area (Å²) in [4.78, 5) is 10.2. The first-order chi connectivity index (χ1) is 9.67. The van der Waals surface area contributed by atoms with Gasteiger partial charge in [0.25, 0.3) is 0 Å². The van der Waals surface area contributed by atoms with Gasteiger partial charge in [-0.3, -0.25) is 4.79 Å². The minimum Gasteiger partial charge on any atom is -0.480 e. The second kappa shape index (κ2) is 6.98. The molecule has 0 saturated heterocycles.